The molecule has 0 amide bonds. The molecule has 2 aromatic rings. The number of aryl methyl sites for hydroxylation is 1. The lowest BCUT2D eigenvalue weighted by molar-refractivity contribution is 0.307. The minimum Gasteiger partial charge on any atom is -0.491 e. The Morgan fingerprint density at radius 3 is 2.30 bits per heavy atom. The first-order valence-electron chi connectivity index (χ1n) is 6.24. The molecule has 0 spiro atoms. The predicted octanol–water partition coefficient (Wildman–Crippen LogP) is 4.68. The van der Waals surface area contributed by atoms with E-state index in [1.54, 1.807) is 12.1 Å². The second kappa shape index (κ2) is 7.60. The third kappa shape index (κ3) is 4.18. The van der Waals surface area contributed by atoms with Crippen LogP contribution in [0.4, 0.5) is 0 Å². The van der Waals surface area contributed by atoms with Crippen molar-refractivity contribution >= 4 is 38.1 Å². The molecule has 103 valence electrons. The van der Waals surface area contributed by atoms with Gasteiger partial charge in [0.15, 0.2) is 0 Å². The van der Waals surface area contributed by atoms with Crippen molar-refractivity contribution in [3.8, 4) is 5.75 Å². The number of rotatable bonds is 6. The van der Waals surface area contributed by atoms with E-state index in [0.717, 1.165) is 27.5 Å². The van der Waals surface area contributed by atoms with Crippen LogP contribution in [0.1, 0.15) is 17.5 Å². The molecule has 0 saturated heterocycles. The molecule has 0 heterocycles. The molecule has 0 N–H and O–H groups in total. The van der Waals surface area contributed by atoms with E-state index in [1.807, 2.05) is 24.5 Å². The number of hydrogen-bond acceptors (Lipinski definition) is 2. The van der Waals surface area contributed by atoms with Gasteiger partial charge >= 0.3 is 0 Å². The normalized spacial score (nSPS) is 10.3. The quantitative estimate of drug-likeness (QED) is 0.662. The van der Waals surface area contributed by atoms with Crippen LogP contribution in [0, 0.1) is 0 Å². The summed E-state index contributed by atoms with van der Waals surface area (Å²) in [5.74, 6) is 0.720. The van der Waals surface area contributed by atoms with E-state index in [1.165, 1.54) is 5.56 Å². The van der Waals surface area contributed by atoms with Gasteiger partial charge in [-0.15, -0.1) is 0 Å². The number of ether oxygens (including phenoxy) is 1. The van der Waals surface area contributed by atoms with Crippen LogP contribution in [0.2, 0.25) is 0 Å². The van der Waals surface area contributed by atoms with Crippen molar-refractivity contribution in [2.45, 2.75) is 12.8 Å². The number of benzene rings is 2. The van der Waals surface area contributed by atoms with Crippen LogP contribution < -0.4 is 4.74 Å². The van der Waals surface area contributed by atoms with Gasteiger partial charge in [0.1, 0.15) is 5.75 Å². The summed E-state index contributed by atoms with van der Waals surface area (Å²) < 4.78 is 7.27. The summed E-state index contributed by atoms with van der Waals surface area (Å²) >= 11 is 6.80. The molecule has 1 radical (unpaired) electrons. The molecule has 0 aliphatic carbocycles. The van der Waals surface area contributed by atoms with Crippen LogP contribution in [0.5, 0.6) is 5.75 Å². The van der Waals surface area contributed by atoms with Crippen molar-refractivity contribution in [1.82, 2.24) is 0 Å². The first-order valence-corrected chi connectivity index (χ1v) is 7.83. The number of halogens is 2. The van der Waals surface area contributed by atoms with E-state index in [9.17, 15) is 4.79 Å². The molecule has 0 aliphatic heterocycles. The molecule has 2 nitrogen and oxygen atoms in total. The highest BCUT2D eigenvalue weighted by molar-refractivity contribution is 9.11. The lowest BCUT2D eigenvalue weighted by Gasteiger charge is -2.10. The molecular formula is C16H13Br2O2. The van der Waals surface area contributed by atoms with Crippen molar-refractivity contribution in [3.05, 3.63) is 62.5 Å². The Balaban J connectivity index is 1.90. The maximum absolute atomic E-state index is 10.6. The van der Waals surface area contributed by atoms with Crippen molar-refractivity contribution in [2.24, 2.45) is 0 Å². The molecule has 0 aliphatic rings. The van der Waals surface area contributed by atoms with E-state index in [4.69, 9.17) is 4.74 Å². The molecular weight excluding hydrogens is 384 g/mol. The first-order chi connectivity index (χ1) is 9.70. The minimum atomic E-state index is 0.486. The summed E-state index contributed by atoms with van der Waals surface area (Å²) in [6, 6.07) is 13.7. The second-order valence-corrected chi connectivity index (χ2v) is 6.02. The van der Waals surface area contributed by atoms with E-state index in [2.05, 4.69) is 44.0 Å². The van der Waals surface area contributed by atoms with Gasteiger partial charge in [-0.05, 0) is 62.4 Å². The third-order valence-electron chi connectivity index (χ3n) is 2.82. The standard InChI is InChI=1S/C16H13Br2O2/c17-14-9-13(11-19)10-15(18)16(14)20-8-4-7-12-5-2-1-3-6-12/h1-3,5-6,9-10H,4,7-8H2. The summed E-state index contributed by atoms with van der Waals surface area (Å²) in [6.07, 6.45) is 3.78. The van der Waals surface area contributed by atoms with Gasteiger partial charge in [-0.1, -0.05) is 30.3 Å². The largest absolute Gasteiger partial charge is 0.491 e. The zero-order chi connectivity index (χ0) is 14.4. The molecule has 2 rings (SSSR count). The van der Waals surface area contributed by atoms with Crippen LogP contribution in [0.3, 0.4) is 0 Å². The monoisotopic (exact) mass is 395 g/mol. The van der Waals surface area contributed by atoms with Crippen LogP contribution >= 0.6 is 31.9 Å². The predicted molar refractivity (Wildman–Crippen MR) is 86.9 cm³/mol. The second-order valence-electron chi connectivity index (χ2n) is 4.31. The zero-order valence-electron chi connectivity index (χ0n) is 10.7. The Bertz CT molecular complexity index is 559. The Kier molecular flexibility index (Phi) is 5.80. The van der Waals surface area contributed by atoms with Gasteiger partial charge in [0.05, 0.1) is 15.6 Å². The summed E-state index contributed by atoms with van der Waals surface area (Å²) in [6.45, 7) is 0.621. The Morgan fingerprint density at radius 1 is 1.05 bits per heavy atom. The highest BCUT2D eigenvalue weighted by Gasteiger charge is 2.09. The number of carbonyl (C=O) groups excluding carboxylic acids is 1. The van der Waals surface area contributed by atoms with Gasteiger partial charge in [-0.3, -0.25) is 4.79 Å². The topological polar surface area (TPSA) is 26.3 Å². The fourth-order valence-electron chi connectivity index (χ4n) is 1.85. The maximum Gasteiger partial charge on any atom is 0.233 e. The van der Waals surface area contributed by atoms with Gasteiger partial charge in [0.2, 0.25) is 6.29 Å². The van der Waals surface area contributed by atoms with Crippen molar-refractivity contribution in [1.29, 1.82) is 0 Å². The average molecular weight is 397 g/mol. The van der Waals surface area contributed by atoms with Crippen molar-refractivity contribution in [2.75, 3.05) is 6.61 Å². The Hall–Kier alpha value is -1.13. The van der Waals surface area contributed by atoms with Gasteiger partial charge in [0.25, 0.3) is 0 Å². The summed E-state index contributed by atoms with van der Waals surface area (Å²) in [7, 11) is 0. The molecule has 2 aromatic carbocycles. The van der Waals surface area contributed by atoms with Gasteiger partial charge < -0.3 is 4.74 Å². The zero-order valence-corrected chi connectivity index (χ0v) is 13.9. The Labute approximate surface area is 135 Å². The van der Waals surface area contributed by atoms with Gasteiger partial charge in [0, 0.05) is 5.56 Å². The molecule has 0 unspecified atom stereocenters. The highest BCUT2D eigenvalue weighted by Crippen LogP contribution is 2.34. The van der Waals surface area contributed by atoms with E-state index in [0.29, 0.717) is 12.2 Å². The molecule has 0 fully saturated rings. The van der Waals surface area contributed by atoms with Crippen molar-refractivity contribution in [3.63, 3.8) is 0 Å². The first kappa shape index (κ1) is 15.3. The third-order valence-corrected chi connectivity index (χ3v) is 3.99. The van der Waals surface area contributed by atoms with Gasteiger partial charge in [-0.2, -0.15) is 0 Å². The lowest BCUT2D eigenvalue weighted by atomic mass is 10.1. The average Bonchev–Trinajstić information content (AvgIpc) is 2.46. The van der Waals surface area contributed by atoms with E-state index < -0.39 is 0 Å². The van der Waals surface area contributed by atoms with Crippen LogP contribution in [-0.4, -0.2) is 12.9 Å². The lowest BCUT2D eigenvalue weighted by Crippen LogP contribution is -2.01. The SMILES string of the molecule is O=[C]c1cc(Br)c(OCCCc2ccccc2)c(Br)c1. The fraction of sp³-hybridized carbons (Fsp3) is 0.188. The van der Waals surface area contributed by atoms with E-state index in [-0.39, 0.29) is 0 Å². The molecule has 0 bridgehead atoms. The fourth-order valence-corrected chi connectivity index (χ4v) is 3.27. The van der Waals surface area contributed by atoms with E-state index >= 15 is 0 Å². The number of hydrogen-bond donors (Lipinski definition) is 0. The molecule has 0 saturated carbocycles. The summed E-state index contributed by atoms with van der Waals surface area (Å²) in [5, 5.41) is 0. The van der Waals surface area contributed by atoms with Crippen LogP contribution in [0.15, 0.2) is 51.4 Å². The molecule has 0 atom stereocenters. The van der Waals surface area contributed by atoms with Crippen molar-refractivity contribution < 1.29 is 9.53 Å². The Morgan fingerprint density at radius 2 is 1.70 bits per heavy atom. The summed E-state index contributed by atoms with van der Waals surface area (Å²) in [4.78, 5) is 10.6. The summed E-state index contributed by atoms with van der Waals surface area (Å²) in [5.41, 5.74) is 1.79. The molecule has 0 aromatic heterocycles. The maximum atomic E-state index is 10.6. The highest BCUT2D eigenvalue weighted by atomic mass is 79.9. The van der Waals surface area contributed by atoms with Crippen LogP contribution in [-0.2, 0) is 11.2 Å². The molecule has 20 heavy (non-hydrogen) atoms. The smallest absolute Gasteiger partial charge is 0.233 e. The van der Waals surface area contributed by atoms with Gasteiger partial charge in [-0.25, -0.2) is 0 Å². The van der Waals surface area contributed by atoms with Crippen LogP contribution in [0.25, 0.3) is 0 Å². The minimum absolute atomic E-state index is 0.486. The molecule has 4 heteroatoms.